The maximum atomic E-state index is 10.9. The number of hydrogen-bond donors (Lipinski definition) is 1. The highest BCUT2D eigenvalue weighted by Crippen LogP contribution is 2.17. The summed E-state index contributed by atoms with van der Waals surface area (Å²) in [7, 11) is 3.29. The van der Waals surface area contributed by atoms with Crippen molar-refractivity contribution in [2.75, 3.05) is 20.8 Å². The molecule has 0 aliphatic rings. The predicted molar refractivity (Wildman–Crippen MR) is 66.0 cm³/mol. The van der Waals surface area contributed by atoms with Gasteiger partial charge in [-0.1, -0.05) is 18.2 Å². The zero-order chi connectivity index (χ0) is 12.5. The van der Waals surface area contributed by atoms with Crippen LogP contribution in [0.25, 0.3) is 0 Å². The summed E-state index contributed by atoms with van der Waals surface area (Å²) in [6, 6.07) is 7.87. The van der Waals surface area contributed by atoms with Crippen molar-refractivity contribution in [2.24, 2.45) is 0 Å². The number of para-hydroxylation sites is 1. The Morgan fingerprint density at radius 2 is 2.12 bits per heavy atom. The third-order valence-corrected chi connectivity index (χ3v) is 2.35. The molecule has 1 rings (SSSR count). The lowest BCUT2D eigenvalue weighted by Gasteiger charge is -2.10. The first-order chi connectivity index (χ1) is 8.27. The molecule has 1 aromatic rings. The second-order valence-corrected chi connectivity index (χ2v) is 3.67. The van der Waals surface area contributed by atoms with E-state index in [1.54, 1.807) is 0 Å². The van der Waals surface area contributed by atoms with Crippen LogP contribution in [0.15, 0.2) is 24.3 Å². The Kier molecular flexibility index (Phi) is 6.10. The van der Waals surface area contributed by atoms with Crippen LogP contribution in [0, 0.1) is 0 Å². The van der Waals surface area contributed by atoms with Gasteiger partial charge in [-0.25, -0.2) is 0 Å². The molecule has 0 aromatic heterocycles. The van der Waals surface area contributed by atoms with Crippen molar-refractivity contribution in [1.29, 1.82) is 0 Å². The summed E-state index contributed by atoms with van der Waals surface area (Å²) >= 11 is 0. The molecule has 4 heteroatoms. The lowest BCUT2D eigenvalue weighted by Crippen LogP contribution is -2.09. The molecule has 4 nitrogen and oxygen atoms in total. The summed E-state index contributed by atoms with van der Waals surface area (Å²) in [5.41, 5.74) is 1.12. The molecule has 0 bridgehead atoms. The van der Waals surface area contributed by atoms with Crippen molar-refractivity contribution in [3.63, 3.8) is 0 Å². The van der Waals surface area contributed by atoms with Gasteiger partial charge in [-0.2, -0.15) is 0 Å². The molecule has 0 saturated heterocycles. The van der Waals surface area contributed by atoms with Gasteiger partial charge >= 0.3 is 5.97 Å². The summed E-state index contributed by atoms with van der Waals surface area (Å²) in [6.07, 6.45) is 1.06. The third-order valence-electron chi connectivity index (χ3n) is 2.35. The summed E-state index contributed by atoms with van der Waals surface area (Å²) in [6.45, 7) is 1.29. The van der Waals surface area contributed by atoms with Gasteiger partial charge in [0.15, 0.2) is 0 Å². The van der Waals surface area contributed by atoms with Crippen molar-refractivity contribution in [3.05, 3.63) is 29.8 Å². The zero-order valence-corrected chi connectivity index (χ0v) is 10.4. The Bertz CT molecular complexity index is 352. The summed E-state index contributed by atoms with van der Waals surface area (Å²) in [5.74, 6) is 0.670. The highest BCUT2D eigenvalue weighted by molar-refractivity contribution is 5.69. The first kappa shape index (κ1) is 13.5. The molecule has 17 heavy (non-hydrogen) atoms. The quantitative estimate of drug-likeness (QED) is 0.579. The van der Waals surface area contributed by atoms with E-state index in [2.05, 4.69) is 10.1 Å². The number of methoxy groups -OCH3 is 1. The SMILES string of the molecule is CNCc1ccccc1OCCCC(=O)OC. The first-order valence-corrected chi connectivity index (χ1v) is 5.70. The minimum absolute atomic E-state index is 0.197. The number of carbonyl (C=O) groups is 1. The van der Waals surface area contributed by atoms with E-state index < -0.39 is 0 Å². The molecule has 0 aliphatic heterocycles. The Labute approximate surface area is 102 Å². The number of carbonyl (C=O) groups excluding carboxylic acids is 1. The van der Waals surface area contributed by atoms with Gasteiger partial charge < -0.3 is 14.8 Å². The van der Waals surface area contributed by atoms with Gasteiger partial charge in [0.1, 0.15) is 5.75 Å². The fourth-order valence-corrected chi connectivity index (χ4v) is 1.48. The zero-order valence-electron chi connectivity index (χ0n) is 10.4. The van der Waals surface area contributed by atoms with E-state index in [9.17, 15) is 4.79 Å². The van der Waals surface area contributed by atoms with Crippen LogP contribution in [0.3, 0.4) is 0 Å². The minimum Gasteiger partial charge on any atom is -0.493 e. The average Bonchev–Trinajstić information content (AvgIpc) is 2.36. The molecule has 0 fully saturated rings. The lowest BCUT2D eigenvalue weighted by atomic mass is 10.2. The molecular weight excluding hydrogens is 218 g/mol. The number of ether oxygens (including phenoxy) is 2. The van der Waals surface area contributed by atoms with Gasteiger partial charge in [-0.15, -0.1) is 0 Å². The third kappa shape index (κ3) is 4.87. The Balaban J connectivity index is 2.38. The summed E-state index contributed by atoms with van der Waals surface area (Å²) in [5, 5.41) is 3.09. The molecule has 0 atom stereocenters. The van der Waals surface area contributed by atoms with Crippen LogP contribution in [0.4, 0.5) is 0 Å². The molecular formula is C13H19NO3. The Morgan fingerprint density at radius 1 is 1.35 bits per heavy atom. The maximum Gasteiger partial charge on any atom is 0.305 e. The van der Waals surface area contributed by atoms with Crippen LogP contribution < -0.4 is 10.1 Å². The van der Waals surface area contributed by atoms with E-state index in [-0.39, 0.29) is 5.97 Å². The molecule has 1 aromatic carbocycles. The molecule has 0 aliphatic carbocycles. The second kappa shape index (κ2) is 7.68. The van der Waals surface area contributed by atoms with Crippen molar-refractivity contribution < 1.29 is 14.3 Å². The molecule has 0 heterocycles. The van der Waals surface area contributed by atoms with Crippen LogP contribution in [0.2, 0.25) is 0 Å². The Morgan fingerprint density at radius 3 is 2.82 bits per heavy atom. The van der Waals surface area contributed by atoms with Gasteiger partial charge in [0.05, 0.1) is 13.7 Å². The van der Waals surface area contributed by atoms with Crippen LogP contribution in [0.5, 0.6) is 5.75 Å². The predicted octanol–water partition coefficient (Wildman–Crippen LogP) is 1.74. The van der Waals surface area contributed by atoms with Gasteiger partial charge in [0.25, 0.3) is 0 Å². The number of hydrogen-bond acceptors (Lipinski definition) is 4. The van der Waals surface area contributed by atoms with Crippen molar-refractivity contribution in [3.8, 4) is 5.75 Å². The first-order valence-electron chi connectivity index (χ1n) is 5.70. The van der Waals surface area contributed by atoms with Gasteiger partial charge in [-0.05, 0) is 19.5 Å². The molecule has 0 amide bonds. The van der Waals surface area contributed by atoms with Gasteiger partial charge in [0.2, 0.25) is 0 Å². The smallest absolute Gasteiger partial charge is 0.305 e. The van der Waals surface area contributed by atoms with E-state index >= 15 is 0 Å². The fourth-order valence-electron chi connectivity index (χ4n) is 1.48. The van der Waals surface area contributed by atoms with Crippen molar-refractivity contribution >= 4 is 5.97 Å². The normalized spacial score (nSPS) is 10.0. The molecule has 0 radical (unpaired) electrons. The molecule has 94 valence electrons. The highest BCUT2D eigenvalue weighted by atomic mass is 16.5. The Hall–Kier alpha value is -1.55. The van der Waals surface area contributed by atoms with Gasteiger partial charge in [0, 0.05) is 18.5 Å². The van der Waals surface area contributed by atoms with E-state index in [0.29, 0.717) is 19.4 Å². The molecule has 1 N–H and O–H groups in total. The van der Waals surface area contributed by atoms with Crippen LogP contribution in [0.1, 0.15) is 18.4 Å². The van der Waals surface area contributed by atoms with Gasteiger partial charge in [-0.3, -0.25) is 4.79 Å². The summed E-state index contributed by atoms with van der Waals surface area (Å²) in [4.78, 5) is 10.9. The summed E-state index contributed by atoms with van der Waals surface area (Å²) < 4.78 is 10.2. The standard InChI is InChI=1S/C13H19NO3/c1-14-10-11-6-3-4-7-12(11)17-9-5-8-13(15)16-2/h3-4,6-7,14H,5,8-10H2,1-2H3. The van der Waals surface area contributed by atoms with Crippen molar-refractivity contribution in [2.45, 2.75) is 19.4 Å². The maximum absolute atomic E-state index is 10.9. The van der Waals surface area contributed by atoms with Crippen LogP contribution in [-0.2, 0) is 16.1 Å². The van der Waals surface area contributed by atoms with E-state index in [4.69, 9.17) is 4.74 Å². The number of rotatable bonds is 7. The van der Waals surface area contributed by atoms with E-state index in [1.165, 1.54) is 7.11 Å². The number of benzene rings is 1. The van der Waals surface area contributed by atoms with E-state index in [0.717, 1.165) is 17.9 Å². The van der Waals surface area contributed by atoms with Crippen LogP contribution >= 0.6 is 0 Å². The van der Waals surface area contributed by atoms with Crippen molar-refractivity contribution in [1.82, 2.24) is 5.32 Å². The number of nitrogens with one attached hydrogen (secondary N) is 1. The number of esters is 1. The largest absolute Gasteiger partial charge is 0.493 e. The molecule has 0 saturated carbocycles. The molecule has 0 spiro atoms. The monoisotopic (exact) mass is 237 g/mol. The minimum atomic E-state index is -0.197. The molecule has 0 unspecified atom stereocenters. The highest BCUT2D eigenvalue weighted by Gasteiger charge is 2.03. The lowest BCUT2D eigenvalue weighted by molar-refractivity contribution is -0.140. The second-order valence-electron chi connectivity index (χ2n) is 3.67. The fraction of sp³-hybridized carbons (Fsp3) is 0.462. The topological polar surface area (TPSA) is 47.6 Å². The average molecular weight is 237 g/mol. The van der Waals surface area contributed by atoms with E-state index in [1.807, 2.05) is 31.3 Å². The van der Waals surface area contributed by atoms with Crippen LogP contribution in [-0.4, -0.2) is 26.7 Å².